The van der Waals surface area contributed by atoms with Gasteiger partial charge < -0.3 is 10.5 Å². The Kier molecular flexibility index (Phi) is 5.77. The Morgan fingerprint density at radius 2 is 1.84 bits per heavy atom. The molecule has 0 amide bonds. The second-order valence-corrected chi connectivity index (χ2v) is 7.61. The SMILES string of the molecule is CCOC(=O)C1=C(N)N(c2ccc([N+](=O)[O-])cc2)C2=C(C(=O)CCC2)[C@H]1c1ccccc1. The molecule has 0 saturated carbocycles. The number of carbonyl (C=O) groups excluding carboxylic acids is 2. The molecule has 1 aliphatic carbocycles. The minimum Gasteiger partial charge on any atom is -0.463 e. The number of anilines is 1. The fourth-order valence-corrected chi connectivity index (χ4v) is 4.39. The van der Waals surface area contributed by atoms with E-state index in [1.54, 1.807) is 24.0 Å². The van der Waals surface area contributed by atoms with Crippen LogP contribution in [0.25, 0.3) is 0 Å². The van der Waals surface area contributed by atoms with Crippen LogP contribution in [0.15, 0.2) is 77.3 Å². The largest absolute Gasteiger partial charge is 0.463 e. The Bertz CT molecular complexity index is 1140. The van der Waals surface area contributed by atoms with Crippen molar-refractivity contribution in [2.45, 2.75) is 32.1 Å². The van der Waals surface area contributed by atoms with Gasteiger partial charge in [-0.3, -0.25) is 19.8 Å². The van der Waals surface area contributed by atoms with E-state index in [1.165, 1.54) is 12.1 Å². The Hall–Kier alpha value is -3.94. The van der Waals surface area contributed by atoms with E-state index in [2.05, 4.69) is 0 Å². The Labute approximate surface area is 185 Å². The number of benzene rings is 2. The highest BCUT2D eigenvalue weighted by Gasteiger charge is 2.43. The lowest BCUT2D eigenvalue weighted by Gasteiger charge is -2.40. The molecule has 0 unspecified atom stereocenters. The molecule has 8 heteroatoms. The number of esters is 1. The lowest BCUT2D eigenvalue weighted by Crippen LogP contribution is -2.41. The van der Waals surface area contributed by atoms with Crippen LogP contribution in [0.4, 0.5) is 11.4 Å². The first-order valence-corrected chi connectivity index (χ1v) is 10.5. The first-order chi connectivity index (χ1) is 15.4. The summed E-state index contributed by atoms with van der Waals surface area (Å²) in [4.78, 5) is 38.5. The highest BCUT2D eigenvalue weighted by Crippen LogP contribution is 2.46. The Morgan fingerprint density at radius 3 is 2.47 bits per heavy atom. The predicted octanol–water partition coefficient (Wildman–Crippen LogP) is 3.94. The van der Waals surface area contributed by atoms with Crippen LogP contribution in [0.1, 0.15) is 37.7 Å². The van der Waals surface area contributed by atoms with E-state index in [-0.39, 0.29) is 29.5 Å². The van der Waals surface area contributed by atoms with Gasteiger partial charge >= 0.3 is 5.97 Å². The Balaban J connectivity index is 1.95. The van der Waals surface area contributed by atoms with Crippen molar-refractivity contribution in [3.8, 4) is 0 Å². The van der Waals surface area contributed by atoms with E-state index < -0.39 is 16.8 Å². The van der Waals surface area contributed by atoms with Crippen LogP contribution in [0.2, 0.25) is 0 Å². The van der Waals surface area contributed by atoms with Gasteiger partial charge in [-0.1, -0.05) is 30.3 Å². The second-order valence-electron chi connectivity index (χ2n) is 7.61. The van der Waals surface area contributed by atoms with Gasteiger partial charge in [0.25, 0.3) is 5.69 Å². The molecule has 2 aromatic rings. The van der Waals surface area contributed by atoms with Crippen molar-refractivity contribution in [2.75, 3.05) is 11.5 Å². The van der Waals surface area contributed by atoms with Crippen molar-refractivity contribution in [2.24, 2.45) is 5.73 Å². The van der Waals surface area contributed by atoms with Crippen LogP contribution >= 0.6 is 0 Å². The molecule has 1 aliphatic heterocycles. The van der Waals surface area contributed by atoms with E-state index in [1.807, 2.05) is 30.3 Å². The second kappa shape index (κ2) is 8.66. The smallest absolute Gasteiger partial charge is 0.338 e. The number of ketones is 1. The minimum absolute atomic E-state index is 0.0405. The molecule has 0 aromatic heterocycles. The number of allylic oxidation sites excluding steroid dienone is 2. The zero-order chi connectivity index (χ0) is 22.8. The van der Waals surface area contributed by atoms with Gasteiger partial charge in [0.1, 0.15) is 5.82 Å². The van der Waals surface area contributed by atoms with Crippen molar-refractivity contribution in [1.82, 2.24) is 0 Å². The van der Waals surface area contributed by atoms with Crippen molar-refractivity contribution in [3.05, 3.63) is 92.9 Å². The van der Waals surface area contributed by atoms with Gasteiger partial charge in [0.2, 0.25) is 0 Å². The maximum atomic E-state index is 13.2. The lowest BCUT2D eigenvalue weighted by atomic mass is 9.75. The van der Waals surface area contributed by atoms with Crippen LogP contribution < -0.4 is 10.6 Å². The molecule has 1 atom stereocenters. The van der Waals surface area contributed by atoms with Gasteiger partial charge in [0.15, 0.2) is 5.78 Å². The number of carbonyl (C=O) groups is 2. The summed E-state index contributed by atoms with van der Waals surface area (Å²) in [5.41, 5.74) is 9.30. The number of nitro groups is 1. The molecule has 2 N–H and O–H groups in total. The van der Waals surface area contributed by atoms with E-state index in [4.69, 9.17) is 10.5 Å². The summed E-state index contributed by atoms with van der Waals surface area (Å²) in [5.74, 6) is -1.09. The summed E-state index contributed by atoms with van der Waals surface area (Å²) in [6.45, 7) is 1.87. The first-order valence-electron chi connectivity index (χ1n) is 10.5. The van der Waals surface area contributed by atoms with Gasteiger partial charge in [-0.25, -0.2) is 4.79 Å². The molecule has 2 aliphatic rings. The number of non-ortho nitro benzene ring substituents is 1. The maximum Gasteiger partial charge on any atom is 0.338 e. The van der Waals surface area contributed by atoms with Crippen molar-refractivity contribution < 1.29 is 19.2 Å². The van der Waals surface area contributed by atoms with Crippen LogP contribution in [0.5, 0.6) is 0 Å². The maximum absolute atomic E-state index is 13.2. The third kappa shape index (κ3) is 3.64. The fourth-order valence-electron chi connectivity index (χ4n) is 4.39. The molecule has 0 fully saturated rings. The monoisotopic (exact) mass is 433 g/mol. The summed E-state index contributed by atoms with van der Waals surface area (Å²) in [6, 6.07) is 15.2. The van der Waals surface area contributed by atoms with Crippen LogP contribution in [-0.4, -0.2) is 23.3 Å². The summed E-state index contributed by atoms with van der Waals surface area (Å²) in [5, 5.41) is 11.1. The average Bonchev–Trinajstić information content (AvgIpc) is 2.79. The zero-order valence-electron chi connectivity index (χ0n) is 17.6. The molecular weight excluding hydrogens is 410 g/mol. The number of rotatable bonds is 5. The van der Waals surface area contributed by atoms with Crippen LogP contribution in [0.3, 0.4) is 0 Å². The number of hydrogen-bond donors (Lipinski definition) is 1. The van der Waals surface area contributed by atoms with Crippen molar-refractivity contribution >= 4 is 23.1 Å². The highest BCUT2D eigenvalue weighted by atomic mass is 16.6. The molecule has 8 nitrogen and oxygen atoms in total. The summed E-state index contributed by atoms with van der Waals surface area (Å²) >= 11 is 0. The first kappa shape index (κ1) is 21.3. The quantitative estimate of drug-likeness (QED) is 0.431. The topological polar surface area (TPSA) is 116 Å². The van der Waals surface area contributed by atoms with E-state index in [9.17, 15) is 19.7 Å². The van der Waals surface area contributed by atoms with Gasteiger partial charge in [-0.15, -0.1) is 0 Å². The van der Waals surface area contributed by atoms with Gasteiger partial charge in [-0.2, -0.15) is 0 Å². The zero-order valence-corrected chi connectivity index (χ0v) is 17.6. The van der Waals surface area contributed by atoms with E-state index >= 15 is 0 Å². The lowest BCUT2D eigenvalue weighted by molar-refractivity contribution is -0.384. The molecule has 0 radical (unpaired) electrons. The third-order valence-electron chi connectivity index (χ3n) is 5.74. The molecule has 1 heterocycles. The number of nitrogens with two attached hydrogens (primary N) is 1. The molecule has 2 aromatic carbocycles. The number of Topliss-reactive ketones (excluding diaryl/α,β-unsaturated/α-hetero) is 1. The minimum atomic E-state index is -0.632. The normalized spacial score (nSPS) is 18.5. The fraction of sp³-hybridized carbons (Fsp3) is 0.250. The Morgan fingerprint density at radius 1 is 1.16 bits per heavy atom. The summed E-state index contributed by atoms with van der Waals surface area (Å²) < 4.78 is 5.33. The molecule has 0 spiro atoms. The highest BCUT2D eigenvalue weighted by molar-refractivity contribution is 6.05. The standard InChI is InChI=1S/C24H23N3O5/c1-2-32-24(29)22-20(15-7-4-3-5-8-15)21-18(9-6-10-19(21)28)26(23(22)25)16-11-13-17(14-12-16)27(30)31/h3-5,7-8,11-14,20H,2,6,9-10,25H2,1H3/t20-/m1/s1. The predicted molar refractivity (Wildman–Crippen MR) is 118 cm³/mol. The van der Waals surface area contributed by atoms with Gasteiger partial charge in [0, 0.05) is 35.5 Å². The van der Waals surface area contributed by atoms with E-state index in [0.717, 1.165) is 11.3 Å². The molecular formula is C24H23N3O5. The van der Waals surface area contributed by atoms with Crippen LogP contribution in [0, 0.1) is 10.1 Å². The summed E-state index contributed by atoms with van der Waals surface area (Å²) in [7, 11) is 0. The van der Waals surface area contributed by atoms with Gasteiger partial charge in [-0.05, 0) is 37.5 Å². The number of hydrogen-bond acceptors (Lipinski definition) is 7. The number of nitro benzene ring substituents is 1. The molecule has 0 bridgehead atoms. The van der Waals surface area contributed by atoms with Gasteiger partial charge in [0.05, 0.1) is 23.0 Å². The van der Waals surface area contributed by atoms with E-state index in [0.29, 0.717) is 30.5 Å². The molecule has 0 saturated heterocycles. The number of nitrogens with zero attached hydrogens (tertiary/aromatic N) is 2. The van der Waals surface area contributed by atoms with Crippen molar-refractivity contribution in [3.63, 3.8) is 0 Å². The third-order valence-corrected chi connectivity index (χ3v) is 5.74. The average molecular weight is 433 g/mol. The molecule has 32 heavy (non-hydrogen) atoms. The molecule has 164 valence electrons. The molecule has 4 rings (SSSR count). The van der Waals surface area contributed by atoms with Crippen molar-refractivity contribution in [1.29, 1.82) is 0 Å². The van der Waals surface area contributed by atoms with Crippen LogP contribution in [-0.2, 0) is 14.3 Å². The number of ether oxygens (including phenoxy) is 1. The summed E-state index contributed by atoms with van der Waals surface area (Å²) in [6.07, 6.45) is 1.63.